The molecule has 0 atom stereocenters. The highest BCUT2D eigenvalue weighted by Gasteiger charge is 2.09. The summed E-state index contributed by atoms with van der Waals surface area (Å²) in [7, 11) is 0. The minimum Gasteiger partial charge on any atom is -0.484 e. The van der Waals surface area contributed by atoms with Crippen LogP contribution in [0, 0.1) is 6.92 Å². The van der Waals surface area contributed by atoms with Gasteiger partial charge in [0, 0.05) is 38.4 Å². The van der Waals surface area contributed by atoms with Gasteiger partial charge in [-0.15, -0.1) is 0 Å². The van der Waals surface area contributed by atoms with Gasteiger partial charge in [0.1, 0.15) is 5.75 Å². The highest BCUT2D eigenvalue weighted by Crippen LogP contribution is 2.13. The molecule has 1 fully saturated rings. The predicted octanol–water partition coefficient (Wildman–Crippen LogP) is 2.43. The third kappa shape index (κ3) is 6.96. The lowest BCUT2D eigenvalue weighted by atomic mass is 10.2. The minimum absolute atomic E-state index is 0.00891. The number of benzene rings is 2. The molecule has 2 aromatic carbocycles. The fourth-order valence-electron chi connectivity index (χ4n) is 2.98. The molecule has 0 saturated carbocycles. The molecule has 28 heavy (non-hydrogen) atoms. The molecular weight excluding hydrogens is 354 g/mol. The number of rotatable bonds is 9. The van der Waals surface area contributed by atoms with Crippen molar-refractivity contribution >= 4 is 11.6 Å². The first-order valence-corrected chi connectivity index (χ1v) is 9.78. The number of morpholine rings is 1. The number of carbonyl (C=O) groups is 1. The van der Waals surface area contributed by atoms with Crippen LogP contribution in [0.15, 0.2) is 48.5 Å². The Hall–Kier alpha value is -2.41. The van der Waals surface area contributed by atoms with Crippen molar-refractivity contribution in [3.63, 3.8) is 0 Å². The Bertz CT molecular complexity index is 726. The molecule has 1 amide bonds. The summed E-state index contributed by atoms with van der Waals surface area (Å²) in [4.78, 5) is 14.4. The number of nitrogens with zero attached hydrogens (tertiary/aromatic N) is 1. The van der Waals surface area contributed by atoms with E-state index in [1.54, 1.807) is 0 Å². The largest absolute Gasteiger partial charge is 0.484 e. The Morgan fingerprint density at radius 1 is 1.07 bits per heavy atom. The molecule has 0 radical (unpaired) electrons. The van der Waals surface area contributed by atoms with Gasteiger partial charge < -0.3 is 20.1 Å². The van der Waals surface area contributed by atoms with Crippen LogP contribution in [0.1, 0.15) is 11.1 Å². The fraction of sp³-hybridized carbons (Fsp3) is 0.409. The van der Waals surface area contributed by atoms with E-state index in [9.17, 15) is 4.79 Å². The van der Waals surface area contributed by atoms with Crippen LogP contribution in [0.3, 0.4) is 0 Å². The van der Waals surface area contributed by atoms with Gasteiger partial charge in [0.05, 0.1) is 13.2 Å². The number of amides is 1. The number of hydrogen-bond donors (Lipinski definition) is 2. The maximum atomic E-state index is 12.0. The maximum absolute atomic E-state index is 12.0. The quantitative estimate of drug-likeness (QED) is 0.651. The smallest absolute Gasteiger partial charge is 0.262 e. The Balaban J connectivity index is 1.33. The van der Waals surface area contributed by atoms with Crippen LogP contribution < -0.4 is 15.4 Å². The number of nitrogens with one attached hydrogen (secondary N) is 2. The van der Waals surface area contributed by atoms with Crippen LogP contribution in [0.2, 0.25) is 0 Å². The zero-order valence-electron chi connectivity index (χ0n) is 16.4. The van der Waals surface area contributed by atoms with E-state index >= 15 is 0 Å². The van der Waals surface area contributed by atoms with Gasteiger partial charge >= 0.3 is 0 Å². The molecule has 2 N–H and O–H groups in total. The normalized spacial score (nSPS) is 14.6. The van der Waals surface area contributed by atoms with Gasteiger partial charge in [-0.25, -0.2) is 0 Å². The molecule has 0 spiro atoms. The molecule has 1 heterocycles. The predicted molar refractivity (Wildman–Crippen MR) is 111 cm³/mol. The number of ether oxygens (including phenoxy) is 2. The van der Waals surface area contributed by atoms with E-state index in [2.05, 4.69) is 15.5 Å². The molecule has 0 bridgehead atoms. The third-order valence-electron chi connectivity index (χ3n) is 4.67. The van der Waals surface area contributed by atoms with Crippen molar-refractivity contribution in [1.29, 1.82) is 0 Å². The van der Waals surface area contributed by atoms with E-state index in [0.717, 1.165) is 57.2 Å². The number of aryl methyl sites for hydroxylation is 1. The van der Waals surface area contributed by atoms with Crippen LogP contribution in [-0.2, 0) is 16.1 Å². The van der Waals surface area contributed by atoms with Gasteiger partial charge in [-0.3, -0.25) is 9.69 Å². The van der Waals surface area contributed by atoms with Crippen LogP contribution >= 0.6 is 0 Å². The van der Waals surface area contributed by atoms with Gasteiger partial charge in [-0.05, 0) is 36.8 Å². The van der Waals surface area contributed by atoms with E-state index < -0.39 is 0 Å². The molecule has 1 aliphatic heterocycles. The summed E-state index contributed by atoms with van der Waals surface area (Å²) in [5.74, 6) is 0.522. The van der Waals surface area contributed by atoms with Gasteiger partial charge in [0.15, 0.2) is 6.61 Å². The first kappa shape index (κ1) is 20.3. The molecule has 2 aromatic rings. The van der Waals surface area contributed by atoms with Gasteiger partial charge in [0.2, 0.25) is 0 Å². The molecule has 1 aliphatic rings. The zero-order chi connectivity index (χ0) is 19.6. The van der Waals surface area contributed by atoms with Crippen molar-refractivity contribution in [2.45, 2.75) is 13.5 Å². The molecule has 1 saturated heterocycles. The lowest BCUT2D eigenvalue weighted by Gasteiger charge is -2.26. The highest BCUT2D eigenvalue weighted by molar-refractivity contribution is 5.91. The van der Waals surface area contributed by atoms with Crippen molar-refractivity contribution in [1.82, 2.24) is 10.2 Å². The van der Waals surface area contributed by atoms with Crippen molar-refractivity contribution in [2.24, 2.45) is 0 Å². The summed E-state index contributed by atoms with van der Waals surface area (Å²) in [5.41, 5.74) is 3.13. The molecule has 0 aromatic heterocycles. The van der Waals surface area contributed by atoms with Gasteiger partial charge in [-0.2, -0.15) is 0 Å². The fourth-order valence-corrected chi connectivity index (χ4v) is 2.98. The second kappa shape index (κ2) is 10.8. The minimum atomic E-state index is -0.169. The van der Waals surface area contributed by atoms with Crippen LogP contribution in [0.25, 0.3) is 0 Å². The standard InChI is InChI=1S/C22H29N3O3/c1-18-2-6-20(7-3-18)24-22(26)17-28-21-8-4-19(5-9-21)16-23-10-11-25-12-14-27-15-13-25/h2-9,23H,10-17H2,1H3,(H,24,26). The van der Waals surface area contributed by atoms with Crippen LogP contribution in [0.5, 0.6) is 5.75 Å². The first-order chi connectivity index (χ1) is 13.7. The Morgan fingerprint density at radius 3 is 2.50 bits per heavy atom. The lowest BCUT2D eigenvalue weighted by molar-refractivity contribution is -0.118. The van der Waals surface area contributed by atoms with Gasteiger partial charge in [0.25, 0.3) is 5.91 Å². The topological polar surface area (TPSA) is 62.8 Å². The van der Waals surface area contributed by atoms with E-state index in [0.29, 0.717) is 5.75 Å². The van der Waals surface area contributed by atoms with E-state index in [-0.39, 0.29) is 12.5 Å². The SMILES string of the molecule is Cc1ccc(NC(=O)COc2ccc(CNCCN3CCOCC3)cc2)cc1. The molecule has 0 aliphatic carbocycles. The summed E-state index contributed by atoms with van der Waals surface area (Å²) in [6, 6.07) is 15.5. The summed E-state index contributed by atoms with van der Waals surface area (Å²) in [6.07, 6.45) is 0. The molecule has 6 nitrogen and oxygen atoms in total. The summed E-state index contributed by atoms with van der Waals surface area (Å²) in [5, 5.41) is 6.29. The Morgan fingerprint density at radius 2 is 1.79 bits per heavy atom. The summed E-state index contributed by atoms with van der Waals surface area (Å²) < 4.78 is 10.9. The molecule has 150 valence electrons. The molecular formula is C22H29N3O3. The summed E-state index contributed by atoms with van der Waals surface area (Å²) in [6.45, 7) is 8.53. The zero-order valence-corrected chi connectivity index (χ0v) is 16.4. The maximum Gasteiger partial charge on any atom is 0.262 e. The average molecular weight is 383 g/mol. The number of anilines is 1. The van der Waals surface area contributed by atoms with E-state index in [1.807, 2.05) is 55.5 Å². The van der Waals surface area contributed by atoms with E-state index in [4.69, 9.17) is 9.47 Å². The average Bonchev–Trinajstić information content (AvgIpc) is 2.73. The Kier molecular flexibility index (Phi) is 7.84. The molecule has 3 rings (SSSR count). The third-order valence-corrected chi connectivity index (χ3v) is 4.67. The number of carbonyl (C=O) groups excluding carboxylic acids is 1. The monoisotopic (exact) mass is 383 g/mol. The first-order valence-electron chi connectivity index (χ1n) is 9.78. The van der Waals surface area contributed by atoms with Crippen molar-refractivity contribution in [3.8, 4) is 5.75 Å². The van der Waals surface area contributed by atoms with Gasteiger partial charge in [-0.1, -0.05) is 29.8 Å². The van der Waals surface area contributed by atoms with Crippen molar-refractivity contribution < 1.29 is 14.3 Å². The summed E-state index contributed by atoms with van der Waals surface area (Å²) >= 11 is 0. The highest BCUT2D eigenvalue weighted by atomic mass is 16.5. The lowest BCUT2D eigenvalue weighted by Crippen LogP contribution is -2.40. The van der Waals surface area contributed by atoms with E-state index in [1.165, 1.54) is 5.56 Å². The second-order valence-corrected chi connectivity index (χ2v) is 6.98. The van der Waals surface area contributed by atoms with Crippen LogP contribution in [0.4, 0.5) is 5.69 Å². The second-order valence-electron chi connectivity index (χ2n) is 6.98. The van der Waals surface area contributed by atoms with Crippen LogP contribution in [-0.4, -0.2) is 56.8 Å². The molecule has 0 unspecified atom stereocenters. The van der Waals surface area contributed by atoms with Crippen molar-refractivity contribution in [2.75, 3.05) is 51.3 Å². The van der Waals surface area contributed by atoms with Crippen molar-refractivity contribution in [3.05, 3.63) is 59.7 Å². The number of hydrogen-bond acceptors (Lipinski definition) is 5. The Labute approximate surface area is 166 Å². The molecule has 6 heteroatoms.